The molecular weight excluding hydrogens is 252 g/mol. The lowest BCUT2D eigenvalue weighted by molar-refractivity contribution is 0.296. The summed E-state index contributed by atoms with van der Waals surface area (Å²) in [4.78, 5) is 19.6. The van der Waals surface area contributed by atoms with Crippen molar-refractivity contribution in [3.63, 3.8) is 0 Å². The summed E-state index contributed by atoms with van der Waals surface area (Å²) in [5.41, 5.74) is 1.32. The van der Waals surface area contributed by atoms with Crippen LogP contribution in [0, 0.1) is 12.8 Å². The SMILES string of the molecule is CCCC1CCC(c2nc(C)c(CCO)c(=O)[nH]2)CC1. The van der Waals surface area contributed by atoms with Gasteiger partial charge < -0.3 is 10.1 Å². The molecule has 0 spiro atoms. The molecule has 0 radical (unpaired) electrons. The van der Waals surface area contributed by atoms with Crippen LogP contribution in [-0.2, 0) is 6.42 Å². The number of H-pyrrole nitrogens is 1. The molecule has 4 heteroatoms. The fraction of sp³-hybridized carbons (Fsp3) is 0.750. The van der Waals surface area contributed by atoms with Crippen LogP contribution in [0.3, 0.4) is 0 Å². The van der Waals surface area contributed by atoms with Gasteiger partial charge in [0, 0.05) is 30.2 Å². The van der Waals surface area contributed by atoms with Crippen LogP contribution in [0.5, 0.6) is 0 Å². The summed E-state index contributed by atoms with van der Waals surface area (Å²) in [6.07, 6.45) is 7.74. The van der Waals surface area contributed by atoms with Crippen molar-refractivity contribution in [2.45, 2.75) is 64.7 Å². The minimum absolute atomic E-state index is 0.00687. The van der Waals surface area contributed by atoms with Crippen molar-refractivity contribution in [1.29, 1.82) is 0 Å². The Bertz CT molecular complexity index is 488. The standard InChI is InChI=1S/C16H26N2O2/c1-3-4-12-5-7-13(8-6-12)15-17-11(2)14(9-10-19)16(20)18-15/h12-13,19H,3-10H2,1-2H3,(H,17,18,20). The Balaban J connectivity index is 2.09. The van der Waals surface area contributed by atoms with Crippen molar-refractivity contribution in [3.05, 3.63) is 27.4 Å². The van der Waals surface area contributed by atoms with Crippen LogP contribution in [0.15, 0.2) is 4.79 Å². The number of hydrogen-bond acceptors (Lipinski definition) is 3. The molecule has 1 aliphatic rings. The molecule has 2 N–H and O–H groups in total. The molecule has 2 rings (SSSR count). The number of aliphatic hydroxyl groups excluding tert-OH is 1. The quantitative estimate of drug-likeness (QED) is 0.870. The van der Waals surface area contributed by atoms with Gasteiger partial charge in [-0.15, -0.1) is 0 Å². The molecule has 0 amide bonds. The first-order valence-corrected chi connectivity index (χ1v) is 7.86. The average Bonchev–Trinajstić information content (AvgIpc) is 2.44. The van der Waals surface area contributed by atoms with Crippen LogP contribution in [0.25, 0.3) is 0 Å². The highest BCUT2D eigenvalue weighted by Crippen LogP contribution is 2.35. The number of aryl methyl sites for hydroxylation is 1. The molecule has 1 aromatic heterocycles. The Labute approximate surface area is 120 Å². The summed E-state index contributed by atoms with van der Waals surface area (Å²) in [5, 5.41) is 8.99. The van der Waals surface area contributed by atoms with Gasteiger partial charge in [0.2, 0.25) is 0 Å². The van der Waals surface area contributed by atoms with Gasteiger partial charge in [0.15, 0.2) is 0 Å². The minimum atomic E-state index is -0.0720. The molecular formula is C16H26N2O2. The molecule has 0 unspecified atom stereocenters. The van der Waals surface area contributed by atoms with Gasteiger partial charge in [0.05, 0.1) is 0 Å². The summed E-state index contributed by atoms with van der Waals surface area (Å²) < 4.78 is 0. The van der Waals surface area contributed by atoms with E-state index in [9.17, 15) is 4.79 Å². The Morgan fingerprint density at radius 1 is 1.30 bits per heavy atom. The van der Waals surface area contributed by atoms with Crippen molar-refractivity contribution < 1.29 is 5.11 Å². The van der Waals surface area contributed by atoms with Gasteiger partial charge >= 0.3 is 0 Å². The van der Waals surface area contributed by atoms with Gasteiger partial charge in [-0.05, 0) is 38.5 Å². The van der Waals surface area contributed by atoms with Crippen molar-refractivity contribution in [3.8, 4) is 0 Å². The largest absolute Gasteiger partial charge is 0.396 e. The fourth-order valence-corrected chi connectivity index (χ4v) is 3.36. The molecule has 4 nitrogen and oxygen atoms in total. The van der Waals surface area contributed by atoms with Gasteiger partial charge in [-0.3, -0.25) is 4.79 Å². The lowest BCUT2D eigenvalue weighted by Crippen LogP contribution is -2.23. The molecule has 20 heavy (non-hydrogen) atoms. The molecule has 0 atom stereocenters. The first-order valence-electron chi connectivity index (χ1n) is 7.86. The zero-order valence-corrected chi connectivity index (χ0v) is 12.6. The van der Waals surface area contributed by atoms with Crippen LogP contribution >= 0.6 is 0 Å². The lowest BCUT2D eigenvalue weighted by Gasteiger charge is -2.27. The monoisotopic (exact) mass is 278 g/mol. The van der Waals surface area contributed by atoms with E-state index >= 15 is 0 Å². The second-order valence-corrected chi connectivity index (χ2v) is 6.00. The van der Waals surface area contributed by atoms with E-state index in [2.05, 4.69) is 16.9 Å². The predicted octanol–water partition coefficient (Wildman–Crippen LogP) is 2.69. The summed E-state index contributed by atoms with van der Waals surface area (Å²) in [7, 11) is 0. The van der Waals surface area contributed by atoms with E-state index in [1.54, 1.807) is 0 Å². The third-order valence-corrected chi connectivity index (χ3v) is 4.53. The van der Waals surface area contributed by atoms with Crippen molar-refractivity contribution in [2.75, 3.05) is 6.61 Å². The lowest BCUT2D eigenvalue weighted by atomic mass is 9.79. The first kappa shape index (κ1) is 15.2. The van der Waals surface area contributed by atoms with Crippen molar-refractivity contribution in [1.82, 2.24) is 9.97 Å². The van der Waals surface area contributed by atoms with E-state index in [1.165, 1.54) is 25.7 Å². The van der Waals surface area contributed by atoms with E-state index in [4.69, 9.17) is 5.11 Å². The summed E-state index contributed by atoms with van der Waals surface area (Å²) in [5.74, 6) is 2.11. The van der Waals surface area contributed by atoms with Gasteiger partial charge in [-0.1, -0.05) is 19.8 Å². The van der Waals surface area contributed by atoms with Crippen LogP contribution in [-0.4, -0.2) is 21.7 Å². The highest BCUT2D eigenvalue weighted by molar-refractivity contribution is 5.18. The highest BCUT2D eigenvalue weighted by atomic mass is 16.3. The molecule has 1 aromatic rings. The van der Waals surface area contributed by atoms with Crippen molar-refractivity contribution >= 4 is 0 Å². The number of nitrogens with zero attached hydrogens (tertiary/aromatic N) is 1. The highest BCUT2D eigenvalue weighted by Gasteiger charge is 2.24. The van der Waals surface area contributed by atoms with Gasteiger partial charge in [0.1, 0.15) is 5.82 Å². The number of rotatable bonds is 5. The number of aromatic amines is 1. The molecule has 0 saturated heterocycles. The Morgan fingerprint density at radius 2 is 2.00 bits per heavy atom. The average molecular weight is 278 g/mol. The van der Waals surface area contributed by atoms with E-state index in [-0.39, 0.29) is 12.2 Å². The summed E-state index contributed by atoms with van der Waals surface area (Å²) in [6.45, 7) is 4.11. The second-order valence-electron chi connectivity index (χ2n) is 6.00. The molecule has 0 aromatic carbocycles. The minimum Gasteiger partial charge on any atom is -0.396 e. The number of aromatic nitrogens is 2. The Hall–Kier alpha value is -1.16. The predicted molar refractivity (Wildman–Crippen MR) is 80.0 cm³/mol. The van der Waals surface area contributed by atoms with Crippen LogP contribution in [0.1, 0.15) is 68.4 Å². The second kappa shape index (κ2) is 7.02. The third-order valence-electron chi connectivity index (χ3n) is 4.53. The molecule has 1 fully saturated rings. The number of hydrogen-bond donors (Lipinski definition) is 2. The topological polar surface area (TPSA) is 66.0 Å². The zero-order chi connectivity index (χ0) is 14.5. The molecule has 1 heterocycles. The summed E-state index contributed by atoms with van der Waals surface area (Å²) in [6, 6.07) is 0. The van der Waals surface area contributed by atoms with Gasteiger partial charge in [-0.25, -0.2) is 4.98 Å². The molecule has 1 aliphatic carbocycles. The van der Waals surface area contributed by atoms with E-state index in [0.29, 0.717) is 17.9 Å². The van der Waals surface area contributed by atoms with Gasteiger partial charge in [0.25, 0.3) is 5.56 Å². The third kappa shape index (κ3) is 3.48. The zero-order valence-electron chi connectivity index (χ0n) is 12.6. The molecule has 0 bridgehead atoms. The smallest absolute Gasteiger partial charge is 0.254 e. The van der Waals surface area contributed by atoms with E-state index < -0.39 is 0 Å². The van der Waals surface area contributed by atoms with Crippen LogP contribution in [0.2, 0.25) is 0 Å². The Kier molecular flexibility index (Phi) is 5.35. The first-order chi connectivity index (χ1) is 9.65. The maximum atomic E-state index is 12.1. The van der Waals surface area contributed by atoms with Crippen LogP contribution < -0.4 is 5.56 Å². The van der Waals surface area contributed by atoms with E-state index in [0.717, 1.165) is 30.3 Å². The van der Waals surface area contributed by atoms with Gasteiger partial charge in [-0.2, -0.15) is 0 Å². The summed E-state index contributed by atoms with van der Waals surface area (Å²) >= 11 is 0. The molecule has 0 aliphatic heterocycles. The maximum absolute atomic E-state index is 12.1. The van der Waals surface area contributed by atoms with E-state index in [1.807, 2.05) is 6.92 Å². The number of nitrogens with one attached hydrogen (secondary N) is 1. The Morgan fingerprint density at radius 3 is 2.55 bits per heavy atom. The molecule has 112 valence electrons. The normalized spacial score (nSPS) is 22.9. The van der Waals surface area contributed by atoms with Crippen molar-refractivity contribution in [2.24, 2.45) is 5.92 Å². The molecule has 1 saturated carbocycles. The van der Waals surface area contributed by atoms with Crippen LogP contribution in [0.4, 0.5) is 0 Å². The fourth-order valence-electron chi connectivity index (χ4n) is 3.36. The number of aliphatic hydroxyl groups is 1. The maximum Gasteiger partial charge on any atom is 0.254 e.